The van der Waals surface area contributed by atoms with E-state index in [2.05, 4.69) is 42.2 Å². The highest BCUT2D eigenvalue weighted by Gasteiger charge is 2.14. The van der Waals surface area contributed by atoms with Crippen LogP contribution in [0.5, 0.6) is 11.5 Å². The van der Waals surface area contributed by atoms with Crippen LogP contribution < -0.4 is 14.8 Å². The van der Waals surface area contributed by atoms with Gasteiger partial charge < -0.3 is 24.4 Å². The molecule has 0 aliphatic rings. The molecule has 0 aliphatic heterocycles. The Balaban J connectivity index is 0.00000729. The van der Waals surface area contributed by atoms with E-state index >= 15 is 0 Å². The van der Waals surface area contributed by atoms with Gasteiger partial charge in [0.1, 0.15) is 0 Å². The highest BCUT2D eigenvalue weighted by molar-refractivity contribution is 14.0. The molecule has 0 radical (unpaired) electrons. The molecule has 0 amide bonds. The van der Waals surface area contributed by atoms with Crippen LogP contribution in [0, 0.1) is 5.92 Å². The van der Waals surface area contributed by atoms with E-state index in [1.807, 2.05) is 26.1 Å². The number of nitrogens with one attached hydrogen (secondary N) is 1. The maximum atomic E-state index is 5.81. The van der Waals surface area contributed by atoms with Crippen molar-refractivity contribution in [2.24, 2.45) is 10.9 Å². The molecule has 0 saturated carbocycles. The molecule has 0 aliphatic carbocycles. The minimum absolute atomic E-state index is 0. The van der Waals surface area contributed by atoms with Gasteiger partial charge in [-0.3, -0.25) is 4.99 Å². The van der Waals surface area contributed by atoms with Crippen molar-refractivity contribution in [3.05, 3.63) is 23.8 Å². The van der Waals surface area contributed by atoms with Crippen molar-refractivity contribution in [1.29, 1.82) is 0 Å². The van der Waals surface area contributed by atoms with Gasteiger partial charge in [-0.2, -0.15) is 0 Å². The summed E-state index contributed by atoms with van der Waals surface area (Å²) < 4.78 is 16.5. The third-order valence-corrected chi connectivity index (χ3v) is 4.59. The summed E-state index contributed by atoms with van der Waals surface area (Å²) in [5, 5.41) is 3.44. The number of halogens is 1. The molecule has 1 N–H and O–H groups in total. The van der Waals surface area contributed by atoms with E-state index in [0.717, 1.165) is 50.0 Å². The molecule has 0 bridgehead atoms. The standard InChI is InChI=1S/C21H37N3O3.HI/c1-8-27-18(16(2)3)11-13-23-21(22-4)24(5)14-12-17-9-10-19(25-6)20(15-17)26-7;/h9-10,15-16,18H,8,11-14H2,1-7H3,(H,22,23);1H. The Labute approximate surface area is 188 Å². The van der Waals surface area contributed by atoms with E-state index in [1.165, 1.54) is 5.56 Å². The summed E-state index contributed by atoms with van der Waals surface area (Å²) >= 11 is 0. The van der Waals surface area contributed by atoms with Gasteiger partial charge in [0.15, 0.2) is 17.5 Å². The molecule has 1 aromatic carbocycles. The molecule has 0 saturated heterocycles. The molecule has 1 atom stereocenters. The molecule has 1 unspecified atom stereocenters. The minimum Gasteiger partial charge on any atom is -0.493 e. The lowest BCUT2D eigenvalue weighted by Gasteiger charge is -2.25. The number of hydrogen-bond acceptors (Lipinski definition) is 4. The van der Waals surface area contributed by atoms with Crippen LogP contribution in [-0.2, 0) is 11.2 Å². The topological polar surface area (TPSA) is 55.3 Å². The highest BCUT2D eigenvalue weighted by Crippen LogP contribution is 2.27. The fourth-order valence-corrected chi connectivity index (χ4v) is 2.97. The Morgan fingerprint density at radius 2 is 1.86 bits per heavy atom. The first-order valence-electron chi connectivity index (χ1n) is 9.71. The van der Waals surface area contributed by atoms with Gasteiger partial charge in [0.05, 0.1) is 20.3 Å². The smallest absolute Gasteiger partial charge is 0.193 e. The van der Waals surface area contributed by atoms with Gasteiger partial charge in [0.2, 0.25) is 0 Å². The molecule has 1 rings (SSSR count). The number of nitrogens with zero attached hydrogens (tertiary/aromatic N) is 2. The average Bonchev–Trinajstić information content (AvgIpc) is 2.68. The Morgan fingerprint density at radius 1 is 1.18 bits per heavy atom. The quantitative estimate of drug-likeness (QED) is 0.281. The summed E-state index contributed by atoms with van der Waals surface area (Å²) in [6, 6.07) is 6.04. The Morgan fingerprint density at radius 3 is 2.39 bits per heavy atom. The van der Waals surface area contributed by atoms with Crippen LogP contribution in [0.25, 0.3) is 0 Å². The average molecular weight is 507 g/mol. The first kappa shape index (κ1) is 26.8. The fourth-order valence-electron chi connectivity index (χ4n) is 2.97. The number of rotatable bonds is 11. The maximum Gasteiger partial charge on any atom is 0.193 e. The van der Waals surface area contributed by atoms with Gasteiger partial charge in [-0.1, -0.05) is 19.9 Å². The fraction of sp³-hybridized carbons (Fsp3) is 0.667. The number of likely N-dealkylation sites (N-methyl/N-ethyl adjacent to an activating group) is 1. The first-order valence-corrected chi connectivity index (χ1v) is 9.71. The zero-order valence-corrected chi connectivity index (χ0v) is 20.8. The van der Waals surface area contributed by atoms with Crippen LogP contribution in [0.2, 0.25) is 0 Å². The monoisotopic (exact) mass is 507 g/mol. The molecule has 28 heavy (non-hydrogen) atoms. The Bertz CT molecular complexity index is 582. The van der Waals surface area contributed by atoms with Crippen molar-refractivity contribution in [3.8, 4) is 11.5 Å². The normalized spacial score (nSPS) is 12.4. The molecular weight excluding hydrogens is 469 g/mol. The van der Waals surface area contributed by atoms with Gasteiger partial charge >= 0.3 is 0 Å². The third-order valence-electron chi connectivity index (χ3n) is 4.59. The summed E-state index contributed by atoms with van der Waals surface area (Å²) in [6.45, 7) is 8.89. The lowest BCUT2D eigenvalue weighted by Crippen LogP contribution is -2.41. The molecule has 0 heterocycles. The number of benzene rings is 1. The number of methoxy groups -OCH3 is 2. The SMILES string of the molecule is CCOC(CCNC(=NC)N(C)CCc1ccc(OC)c(OC)c1)C(C)C.I. The summed E-state index contributed by atoms with van der Waals surface area (Å²) in [7, 11) is 7.18. The molecular formula is C21H38IN3O3. The maximum absolute atomic E-state index is 5.81. The summed E-state index contributed by atoms with van der Waals surface area (Å²) in [5.41, 5.74) is 1.20. The number of ether oxygens (including phenoxy) is 3. The lowest BCUT2D eigenvalue weighted by atomic mass is 10.0. The molecule has 1 aromatic rings. The Hall–Kier alpha value is -1.22. The summed E-state index contributed by atoms with van der Waals surface area (Å²) in [4.78, 5) is 6.54. The summed E-state index contributed by atoms with van der Waals surface area (Å²) in [6.07, 6.45) is 2.14. The zero-order chi connectivity index (χ0) is 20.2. The molecule has 162 valence electrons. The molecule has 0 spiro atoms. The second-order valence-corrected chi connectivity index (χ2v) is 6.86. The van der Waals surface area contributed by atoms with Crippen LogP contribution >= 0.6 is 24.0 Å². The van der Waals surface area contributed by atoms with Gasteiger partial charge in [0.25, 0.3) is 0 Å². The van der Waals surface area contributed by atoms with Crippen molar-refractivity contribution in [3.63, 3.8) is 0 Å². The van der Waals surface area contributed by atoms with Gasteiger partial charge in [-0.25, -0.2) is 0 Å². The Kier molecular flexibility index (Phi) is 14.1. The van der Waals surface area contributed by atoms with Gasteiger partial charge in [-0.05, 0) is 43.4 Å². The van der Waals surface area contributed by atoms with Crippen molar-refractivity contribution in [2.75, 3.05) is 48.0 Å². The summed E-state index contributed by atoms with van der Waals surface area (Å²) in [5.74, 6) is 2.92. The molecule has 0 aromatic heterocycles. The van der Waals surface area contributed by atoms with Crippen LogP contribution in [0.4, 0.5) is 0 Å². The van der Waals surface area contributed by atoms with Crippen molar-refractivity contribution < 1.29 is 14.2 Å². The molecule has 6 nitrogen and oxygen atoms in total. The van der Waals surface area contributed by atoms with E-state index < -0.39 is 0 Å². The van der Waals surface area contributed by atoms with E-state index in [-0.39, 0.29) is 30.1 Å². The number of hydrogen-bond donors (Lipinski definition) is 1. The predicted octanol–water partition coefficient (Wildman–Crippen LogP) is 3.82. The number of aliphatic imine (C=N–C) groups is 1. The first-order chi connectivity index (χ1) is 13.0. The van der Waals surface area contributed by atoms with Crippen LogP contribution in [0.15, 0.2) is 23.2 Å². The van der Waals surface area contributed by atoms with Crippen LogP contribution in [0.3, 0.4) is 0 Å². The molecule has 0 fully saturated rings. The predicted molar refractivity (Wildman–Crippen MR) is 128 cm³/mol. The third kappa shape index (κ3) is 8.86. The second kappa shape index (κ2) is 14.7. The second-order valence-electron chi connectivity index (χ2n) is 6.86. The van der Waals surface area contributed by atoms with E-state index in [1.54, 1.807) is 14.2 Å². The van der Waals surface area contributed by atoms with Crippen molar-refractivity contribution >= 4 is 29.9 Å². The van der Waals surface area contributed by atoms with E-state index in [9.17, 15) is 0 Å². The lowest BCUT2D eigenvalue weighted by molar-refractivity contribution is 0.0257. The van der Waals surface area contributed by atoms with Crippen LogP contribution in [0.1, 0.15) is 32.8 Å². The minimum atomic E-state index is 0. The largest absolute Gasteiger partial charge is 0.493 e. The highest BCUT2D eigenvalue weighted by atomic mass is 127. The molecule has 7 heteroatoms. The van der Waals surface area contributed by atoms with Crippen molar-refractivity contribution in [1.82, 2.24) is 10.2 Å². The van der Waals surface area contributed by atoms with E-state index in [4.69, 9.17) is 14.2 Å². The van der Waals surface area contributed by atoms with Crippen molar-refractivity contribution in [2.45, 2.75) is 39.7 Å². The van der Waals surface area contributed by atoms with Gasteiger partial charge in [-0.15, -0.1) is 24.0 Å². The van der Waals surface area contributed by atoms with Crippen LogP contribution in [-0.4, -0.2) is 65.0 Å². The van der Waals surface area contributed by atoms with E-state index in [0.29, 0.717) is 5.92 Å². The van der Waals surface area contributed by atoms with Gasteiger partial charge in [0, 0.05) is 33.8 Å². The zero-order valence-electron chi connectivity index (χ0n) is 18.4. The number of guanidine groups is 1.